The Bertz CT molecular complexity index is 1310. The largest absolute Gasteiger partial charge is 0.206 e. The second-order valence-electron chi connectivity index (χ2n) is 11.1. The summed E-state index contributed by atoms with van der Waals surface area (Å²) in [4.78, 5) is 0. The zero-order valence-electron chi connectivity index (χ0n) is 22.3. The summed E-state index contributed by atoms with van der Waals surface area (Å²) in [6.45, 7) is 5.90. The van der Waals surface area contributed by atoms with Crippen molar-refractivity contribution >= 4 is 5.57 Å². The molecule has 0 radical (unpaired) electrons. The molecule has 3 heteroatoms. The van der Waals surface area contributed by atoms with E-state index >= 15 is 4.39 Å². The van der Waals surface area contributed by atoms with Gasteiger partial charge in [0.25, 0.3) is 0 Å². The third-order valence-corrected chi connectivity index (χ3v) is 8.80. The molecule has 198 valence electrons. The first-order chi connectivity index (χ1) is 18.5. The molecule has 0 saturated heterocycles. The highest BCUT2D eigenvalue weighted by atomic mass is 19.2. The first kappa shape index (κ1) is 26.5. The first-order valence-corrected chi connectivity index (χ1v) is 14.2. The molecule has 0 nitrogen and oxygen atoms in total. The van der Waals surface area contributed by atoms with Crippen molar-refractivity contribution in [1.82, 2.24) is 0 Å². The van der Waals surface area contributed by atoms with Crippen molar-refractivity contribution in [1.29, 1.82) is 0 Å². The van der Waals surface area contributed by atoms with Crippen molar-refractivity contribution in [2.45, 2.75) is 64.7 Å². The molecule has 38 heavy (non-hydrogen) atoms. The summed E-state index contributed by atoms with van der Waals surface area (Å²) in [7, 11) is 0. The summed E-state index contributed by atoms with van der Waals surface area (Å²) in [5.74, 6) is 0.380. The number of hydrogen-bond acceptors (Lipinski definition) is 0. The van der Waals surface area contributed by atoms with Crippen LogP contribution in [0.25, 0.3) is 27.8 Å². The lowest BCUT2D eigenvalue weighted by Gasteiger charge is -2.34. The summed E-state index contributed by atoms with van der Waals surface area (Å²) in [6.07, 6.45) is 14.1. The van der Waals surface area contributed by atoms with Crippen molar-refractivity contribution in [3.8, 4) is 22.3 Å². The highest BCUT2D eigenvalue weighted by molar-refractivity contribution is 5.74. The van der Waals surface area contributed by atoms with Crippen LogP contribution in [0.2, 0.25) is 0 Å². The number of halogens is 3. The van der Waals surface area contributed by atoms with Gasteiger partial charge in [-0.2, -0.15) is 0 Å². The molecule has 2 aliphatic rings. The Balaban J connectivity index is 1.28. The number of allylic oxidation sites excluding steroid dienone is 3. The standard InChI is InChI=1S/C35H37F3/c1-3-5-29-18-21-32(35(38)34(29)37)28-16-14-27(15-17-28)31-20-19-30(22-33(31)36)26-12-10-25(11-13-26)24-8-6-23(4-2)7-9-24/h4,12,14-25H,2-3,5-11,13H2,1H3. The van der Waals surface area contributed by atoms with Crippen molar-refractivity contribution in [2.24, 2.45) is 17.8 Å². The van der Waals surface area contributed by atoms with Crippen LogP contribution >= 0.6 is 0 Å². The molecule has 3 aromatic carbocycles. The summed E-state index contributed by atoms with van der Waals surface area (Å²) in [5.41, 5.74) is 4.62. The third-order valence-electron chi connectivity index (χ3n) is 8.80. The Morgan fingerprint density at radius 2 is 1.42 bits per heavy atom. The van der Waals surface area contributed by atoms with Crippen LogP contribution in [0.15, 0.2) is 73.3 Å². The van der Waals surface area contributed by atoms with E-state index in [2.05, 4.69) is 18.7 Å². The molecule has 1 saturated carbocycles. The molecule has 0 N–H and O–H groups in total. The van der Waals surface area contributed by atoms with Gasteiger partial charge in [0.2, 0.25) is 0 Å². The maximum atomic E-state index is 15.2. The first-order valence-electron chi connectivity index (χ1n) is 14.2. The van der Waals surface area contributed by atoms with Crippen LogP contribution < -0.4 is 0 Å². The molecular formula is C35H37F3. The zero-order valence-corrected chi connectivity index (χ0v) is 22.3. The minimum atomic E-state index is -0.827. The van der Waals surface area contributed by atoms with E-state index in [-0.39, 0.29) is 11.4 Å². The Morgan fingerprint density at radius 3 is 2.03 bits per heavy atom. The molecular weight excluding hydrogens is 477 g/mol. The second kappa shape index (κ2) is 11.8. The van der Waals surface area contributed by atoms with Crippen LogP contribution in [0.4, 0.5) is 13.2 Å². The Hall–Kier alpha value is -3.07. The molecule has 3 aromatic rings. The lowest BCUT2D eigenvalue weighted by molar-refractivity contribution is 0.212. The van der Waals surface area contributed by atoms with Crippen molar-refractivity contribution < 1.29 is 13.2 Å². The van der Waals surface area contributed by atoms with E-state index in [0.29, 0.717) is 34.6 Å². The van der Waals surface area contributed by atoms with Gasteiger partial charge < -0.3 is 0 Å². The van der Waals surface area contributed by atoms with Crippen LogP contribution in [0.3, 0.4) is 0 Å². The summed E-state index contributed by atoms with van der Waals surface area (Å²) in [6, 6.07) is 15.8. The fourth-order valence-corrected chi connectivity index (χ4v) is 6.45. The third kappa shape index (κ3) is 5.53. The van der Waals surface area contributed by atoms with Gasteiger partial charge in [0.1, 0.15) is 5.82 Å². The predicted molar refractivity (Wildman–Crippen MR) is 152 cm³/mol. The van der Waals surface area contributed by atoms with Crippen LogP contribution in [0, 0.1) is 35.2 Å². The molecule has 1 unspecified atom stereocenters. The van der Waals surface area contributed by atoms with Gasteiger partial charge in [-0.1, -0.05) is 74.0 Å². The second-order valence-corrected chi connectivity index (χ2v) is 11.1. The fraction of sp³-hybridized carbons (Fsp3) is 0.371. The lowest BCUT2D eigenvalue weighted by Crippen LogP contribution is -2.22. The van der Waals surface area contributed by atoms with Crippen LogP contribution in [0.1, 0.15) is 69.4 Å². The van der Waals surface area contributed by atoms with E-state index in [4.69, 9.17) is 0 Å². The van der Waals surface area contributed by atoms with E-state index in [1.165, 1.54) is 37.7 Å². The maximum Gasteiger partial charge on any atom is 0.166 e. The molecule has 0 heterocycles. The lowest BCUT2D eigenvalue weighted by atomic mass is 9.71. The van der Waals surface area contributed by atoms with Crippen molar-refractivity contribution in [3.63, 3.8) is 0 Å². The van der Waals surface area contributed by atoms with Crippen molar-refractivity contribution in [2.75, 3.05) is 0 Å². The minimum Gasteiger partial charge on any atom is -0.206 e. The van der Waals surface area contributed by atoms with E-state index in [1.807, 2.05) is 19.1 Å². The summed E-state index contributed by atoms with van der Waals surface area (Å²) >= 11 is 0. The van der Waals surface area contributed by atoms with Crippen LogP contribution in [-0.2, 0) is 6.42 Å². The van der Waals surface area contributed by atoms with Crippen LogP contribution in [0.5, 0.6) is 0 Å². The smallest absolute Gasteiger partial charge is 0.166 e. The van der Waals surface area contributed by atoms with Gasteiger partial charge in [0.05, 0.1) is 0 Å². The maximum absolute atomic E-state index is 15.2. The van der Waals surface area contributed by atoms with Crippen molar-refractivity contribution in [3.05, 3.63) is 102 Å². The number of rotatable bonds is 7. The summed E-state index contributed by atoms with van der Waals surface area (Å²) < 4.78 is 44.4. The molecule has 5 rings (SSSR count). The fourth-order valence-electron chi connectivity index (χ4n) is 6.45. The average molecular weight is 515 g/mol. The van der Waals surface area contributed by atoms with E-state index < -0.39 is 11.6 Å². The number of hydrogen-bond donors (Lipinski definition) is 0. The normalized spacial score (nSPS) is 21.7. The quantitative estimate of drug-likeness (QED) is 0.275. The zero-order chi connectivity index (χ0) is 26.6. The van der Waals surface area contributed by atoms with Gasteiger partial charge in [-0.3, -0.25) is 0 Å². The Morgan fingerprint density at radius 1 is 0.763 bits per heavy atom. The van der Waals surface area contributed by atoms with Gasteiger partial charge >= 0.3 is 0 Å². The predicted octanol–water partition coefficient (Wildman–Crippen LogP) is 10.6. The Labute approximate surface area is 225 Å². The topological polar surface area (TPSA) is 0 Å². The van der Waals surface area contributed by atoms with Gasteiger partial charge in [0.15, 0.2) is 11.6 Å². The molecule has 0 bridgehead atoms. The molecule has 2 aliphatic carbocycles. The monoisotopic (exact) mass is 514 g/mol. The van der Waals surface area contributed by atoms with E-state index in [1.54, 1.807) is 42.5 Å². The average Bonchev–Trinajstić information content (AvgIpc) is 2.96. The van der Waals surface area contributed by atoms with Gasteiger partial charge in [-0.15, -0.1) is 6.58 Å². The van der Waals surface area contributed by atoms with Gasteiger partial charge in [-0.25, -0.2) is 13.2 Å². The van der Waals surface area contributed by atoms with E-state index in [0.717, 1.165) is 36.7 Å². The molecule has 0 spiro atoms. The van der Waals surface area contributed by atoms with Gasteiger partial charge in [0, 0.05) is 11.1 Å². The number of aryl methyl sites for hydroxylation is 1. The highest BCUT2D eigenvalue weighted by Gasteiger charge is 2.28. The number of benzene rings is 3. The Kier molecular flexibility index (Phi) is 8.21. The highest BCUT2D eigenvalue weighted by Crippen LogP contribution is 2.42. The van der Waals surface area contributed by atoms with Crippen LogP contribution in [-0.4, -0.2) is 0 Å². The summed E-state index contributed by atoms with van der Waals surface area (Å²) in [5, 5.41) is 0. The molecule has 0 aromatic heterocycles. The van der Waals surface area contributed by atoms with Gasteiger partial charge in [-0.05, 0) is 103 Å². The van der Waals surface area contributed by atoms with E-state index in [9.17, 15) is 8.78 Å². The minimum absolute atomic E-state index is 0.223. The SMILES string of the molecule is C=CC1CCC(C2CC=C(c3ccc(-c4ccc(-c5ccc(CCC)c(F)c5F)cc4)c(F)c3)CC2)CC1. The molecule has 0 aliphatic heterocycles. The molecule has 0 amide bonds. The molecule has 1 fully saturated rings. The molecule has 1 atom stereocenters.